The number of carbonyl (C=O) groups is 2. The molecule has 0 aliphatic carbocycles. The number of amides is 1. The highest BCUT2D eigenvalue weighted by Crippen LogP contribution is 2.61. The second-order valence-electron chi connectivity index (χ2n) is 9.12. The number of hydrogen-bond acceptors (Lipinski definition) is 6. The lowest BCUT2D eigenvalue weighted by molar-refractivity contribution is -0.384. The first-order chi connectivity index (χ1) is 16.5. The van der Waals surface area contributed by atoms with Crippen molar-refractivity contribution in [3.8, 4) is 0 Å². The summed E-state index contributed by atoms with van der Waals surface area (Å²) >= 11 is 0. The van der Waals surface area contributed by atoms with Gasteiger partial charge in [-0.25, -0.2) is 0 Å². The number of non-ortho nitro benzene ring substituents is 1. The Hall–Kier alpha value is -3.91. The van der Waals surface area contributed by atoms with Crippen molar-refractivity contribution < 1.29 is 14.5 Å². The molecule has 2 saturated heterocycles. The summed E-state index contributed by atoms with van der Waals surface area (Å²) in [6.07, 6.45) is 4.84. The van der Waals surface area contributed by atoms with Gasteiger partial charge in [-0.05, 0) is 43.1 Å². The van der Waals surface area contributed by atoms with Crippen molar-refractivity contribution >= 4 is 23.1 Å². The summed E-state index contributed by atoms with van der Waals surface area (Å²) in [6.45, 7) is 0.679. The van der Waals surface area contributed by atoms with E-state index in [-0.39, 0.29) is 29.3 Å². The molecule has 1 spiro atoms. The number of Topliss-reactive ketones (excluding diaryl/α,β-unsaturated/α-hetero) is 1. The van der Waals surface area contributed by atoms with Gasteiger partial charge in [-0.1, -0.05) is 30.3 Å². The first-order valence-corrected chi connectivity index (χ1v) is 11.4. The van der Waals surface area contributed by atoms with Crippen LogP contribution in [0.5, 0.6) is 0 Å². The summed E-state index contributed by atoms with van der Waals surface area (Å²) in [5.41, 5.74) is 1.51. The fraction of sp³-hybridized carbons (Fsp3) is 0.269. The average molecular weight is 454 g/mol. The Morgan fingerprint density at radius 3 is 2.71 bits per heavy atom. The lowest BCUT2D eigenvalue weighted by atomic mass is 9.69. The molecule has 2 fully saturated rings. The summed E-state index contributed by atoms with van der Waals surface area (Å²) in [5, 5.41) is 14.6. The maximum absolute atomic E-state index is 14.2. The fourth-order valence-corrected chi connectivity index (χ4v) is 6.43. The van der Waals surface area contributed by atoms with Gasteiger partial charge in [0.05, 0.1) is 10.8 Å². The molecule has 3 aliphatic heterocycles. The minimum absolute atomic E-state index is 0.0191. The maximum atomic E-state index is 14.2. The van der Waals surface area contributed by atoms with Gasteiger partial charge in [0, 0.05) is 53.3 Å². The number of aromatic nitrogens is 1. The molecule has 1 aromatic heterocycles. The maximum Gasteiger partial charge on any atom is 0.269 e. The first-order valence-electron chi connectivity index (χ1n) is 11.4. The molecule has 1 N–H and O–H groups in total. The third kappa shape index (κ3) is 2.72. The number of nitrogens with one attached hydrogen (secondary N) is 1. The number of nitrogens with zero attached hydrogens (tertiary/aromatic N) is 3. The van der Waals surface area contributed by atoms with Crippen LogP contribution in [0.25, 0.3) is 0 Å². The van der Waals surface area contributed by atoms with E-state index in [9.17, 15) is 19.7 Å². The van der Waals surface area contributed by atoms with Crippen molar-refractivity contribution in [1.29, 1.82) is 0 Å². The molecule has 1 amide bonds. The van der Waals surface area contributed by atoms with E-state index in [1.165, 1.54) is 6.07 Å². The SMILES string of the molecule is O=C(c1ccncc1)[C@@H]1[C@@H](c2cccc([N+](=O)[O-])c2)[C@H]2CCCN2[C@@]12C(=O)Nc1ccccc12. The summed E-state index contributed by atoms with van der Waals surface area (Å²) in [7, 11) is 0. The number of rotatable bonds is 4. The zero-order valence-electron chi connectivity index (χ0n) is 18.3. The molecule has 3 aromatic rings. The van der Waals surface area contributed by atoms with Crippen LogP contribution in [0.2, 0.25) is 0 Å². The molecule has 0 unspecified atom stereocenters. The molecule has 34 heavy (non-hydrogen) atoms. The number of pyridine rings is 1. The molecular weight excluding hydrogens is 432 g/mol. The Bertz CT molecular complexity index is 1330. The number of hydrogen-bond donors (Lipinski definition) is 1. The Kier molecular flexibility index (Phi) is 4.60. The first kappa shape index (κ1) is 20.7. The van der Waals surface area contributed by atoms with Gasteiger partial charge in [-0.3, -0.25) is 29.6 Å². The molecule has 4 heterocycles. The van der Waals surface area contributed by atoms with E-state index in [1.54, 1.807) is 36.7 Å². The van der Waals surface area contributed by atoms with Crippen LogP contribution in [0.3, 0.4) is 0 Å². The molecule has 0 radical (unpaired) electrons. The van der Waals surface area contributed by atoms with Gasteiger partial charge < -0.3 is 5.32 Å². The van der Waals surface area contributed by atoms with Gasteiger partial charge in [0.15, 0.2) is 5.78 Å². The third-order valence-corrected chi connectivity index (χ3v) is 7.62. The quantitative estimate of drug-likeness (QED) is 0.364. The summed E-state index contributed by atoms with van der Waals surface area (Å²) < 4.78 is 0. The highest BCUT2D eigenvalue weighted by Gasteiger charge is 2.69. The number of ketones is 1. The predicted octanol–water partition coefficient (Wildman–Crippen LogP) is 3.90. The second-order valence-corrected chi connectivity index (χ2v) is 9.12. The highest BCUT2D eigenvalue weighted by atomic mass is 16.6. The average Bonchev–Trinajstić information content (AvgIpc) is 3.52. The Labute approximate surface area is 195 Å². The zero-order chi connectivity index (χ0) is 23.4. The van der Waals surface area contributed by atoms with E-state index in [0.717, 1.165) is 18.4 Å². The standard InChI is InChI=1S/C26H22N4O4/c31-24(16-10-12-27-13-11-16)23-22(17-5-3-6-18(15-17)30(33)34)21-9-4-14-29(21)26(23)19-7-1-2-8-20(19)28-25(26)32/h1-3,5-8,10-13,15,21-23H,4,9,14H2,(H,28,32)/t21-,22+,23+,26-/m1/s1. The molecule has 0 bridgehead atoms. The smallest absolute Gasteiger partial charge is 0.269 e. The van der Waals surface area contributed by atoms with Crippen molar-refractivity contribution in [2.75, 3.05) is 11.9 Å². The number of carbonyl (C=O) groups excluding carboxylic acids is 2. The number of para-hydroxylation sites is 1. The molecular formula is C26H22N4O4. The third-order valence-electron chi connectivity index (χ3n) is 7.62. The van der Waals surface area contributed by atoms with Crippen molar-refractivity contribution in [2.45, 2.75) is 30.3 Å². The van der Waals surface area contributed by atoms with Crippen LogP contribution in [0, 0.1) is 16.0 Å². The van der Waals surface area contributed by atoms with E-state index < -0.39 is 16.4 Å². The monoisotopic (exact) mass is 454 g/mol. The lowest BCUT2D eigenvalue weighted by Crippen LogP contribution is -2.52. The minimum atomic E-state index is -1.17. The molecule has 2 aromatic carbocycles. The summed E-state index contributed by atoms with van der Waals surface area (Å²) in [5.74, 6) is -1.48. The van der Waals surface area contributed by atoms with Gasteiger partial charge in [0.2, 0.25) is 5.91 Å². The van der Waals surface area contributed by atoms with E-state index >= 15 is 0 Å². The van der Waals surface area contributed by atoms with Gasteiger partial charge >= 0.3 is 0 Å². The Balaban J connectivity index is 1.62. The van der Waals surface area contributed by atoms with Crippen LogP contribution < -0.4 is 5.32 Å². The van der Waals surface area contributed by atoms with Crippen LogP contribution in [0.15, 0.2) is 73.1 Å². The van der Waals surface area contributed by atoms with Crippen LogP contribution >= 0.6 is 0 Å². The van der Waals surface area contributed by atoms with Gasteiger partial charge in [-0.2, -0.15) is 0 Å². The van der Waals surface area contributed by atoms with E-state index in [2.05, 4.69) is 15.2 Å². The molecule has 4 atom stereocenters. The van der Waals surface area contributed by atoms with Gasteiger partial charge in [-0.15, -0.1) is 0 Å². The molecule has 170 valence electrons. The highest BCUT2D eigenvalue weighted by molar-refractivity contribution is 6.12. The van der Waals surface area contributed by atoms with E-state index in [0.29, 0.717) is 23.4 Å². The van der Waals surface area contributed by atoms with Crippen molar-refractivity contribution in [1.82, 2.24) is 9.88 Å². The normalized spacial score (nSPS) is 27.4. The summed E-state index contributed by atoms with van der Waals surface area (Å²) in [4.78, 5) is 45.5. The van der Waals surface area contributed by atoms with E-state index in [1.807, 2.05) is 30.3 Å². The molecule has 3 aliphatic rings. The van der Waals surface area contributed by atoms with Crippen LogP contribution in [0.4, 0.5) is 11.4 Å². The van der Waals surface area contributed by atoms with E-state index in [4.69, 9.17) is 0 Å². The van der Waals surface area contributed by atoms with Crippen molar-refractivity contribution in [3.05, 3.63) is 99.9 Å². The molecule has 6 rings (SSSR count). The van der Waals surface area contributed by atoms with Gasteiger partial charge in [0.1, 0.15) is 5.54 Å². The zero-order valence-corrected chi connectivity index (χ0v) is 18.3. The fourth-order valence-electron chi connectivity index (χ4n) is 6.43. The molecule has 0 saturated carbocycles. The molecule has 8 heteroatoms. The Morgan fingerprint density at radius 2 is 1.91 bits per heavy atom. The largest absolute Gasteiger partial charge is 0.324 e. The second kappa shape index (κ2) is 7.56. The predicted molar refractivity (Wildman–Crippen MR) is 124 cm³/mol. The number of nitro benzene ring substituents is 1. The number of nitro groups is 1. The lowest BCUT2D eigenvalue weighted by Gasteiger charge is -2.36. The van der Waals surface area contributed by atoms with Crippen LogP contribution in [-0.2, 0) is 10.3 Å². The van der Waals surface area contributed by atoms with Crippen molar-refractivity contribution in [3.63, 3.8) is 0 Å². The van der Waals surface area contributed by atoms with Crippen molar-refractivity contribution in [2.24, 2.45) is 5.92 Å². The number of fused-ring (bicyclic) bond motifs is 4. The topological polar surface area (TPSA) is 105 Å². The minimum Gasteiger partial charge on any atom is -0.324 e. The summed E-state index contributed by atoms with van der Waals surface area (Å²) in [6, 6.07) is 17.3. The van der Waals surface area contributed by atoms with Crippen LogP contribution in [0.1, 0.15) is 40.2 Å². The number of benzene rings is 2. The number of anilines is 1. The van der Waals surface area contributed by atoms with Crippen LogP contribution in [-0.4, -0.2) is 39.1 Å². The Morgan fingerprint density at radius 1 is 1.12 bits per heavy atom. The van der Waals surface area contributed by atoms with Gasteiger partial charge in [0.25, 0.3) is 5.69 Å². The molecule has 8 nitrogen and oxygen atoms in total.